The lowest BCUT2D eigenvalue weighted by molar-refractivity contribution is -0.158. The summed E-state index contributed by atoms with van der Waals surface area (Å²) in [5, 5.41) is 50.7. The Morgan fingerprint density at radius 3 is 2.29 bits per heavy atom. The smallest absolute Gasteiger partial charge is 0.196 e. The van der Waals surface area contributed by atoms with E-state index >= 15 is 0 Å². The highest BCUT2D eigenvalue weighted by Crippen LogP contribution is 2.43. The molecule has 2 aliphatic carbocycles. The van der Waals surface area contributed by atoms with Crippen molar-refractivity contribution < 1.29 is 39.9 Å². The zero-order valence-electron chi connectivity index (χ0n) is 12.8. The van der Waals surface area contributed by atoms with Gasteiger partial charge in [-0.1, -0.05) is 0 Å². The van der Waals surface area contributed by atoms with Crippen LogP contribution in [-0.2, 0) is 0 Å². The summed E-state index contributed by atoms with van der Waals surface area (Å²) >= 11 is 0. The number of methoxy groups -OCH3 is 1. The monoisotopic (exact) mass is 336 g/mol. The lowest BCUT2D eigenvalue weighted by Gasteiger charge is -2.43. The molecule has 8 nitrogen and oxygen atoms in total. The van der Waals surface area contributed by atoms with E-state index in [1.54, 1.807) is 0 Å². The molecular formula is C16H16O8. The maximum atomic E-state index is 12.7. The zero-order valence-corrected chi connectivity index (χ0v) is 12.8. The van der Waals surface area contributed by atoms with E-state index in [-0.39, 0.29) is 16.9 Å². The van der Waals surface area contributed by atoms with Gasteiger partial charge in [0.15, 0.2) is 11.6 Å². The highest BCUT2D eigenvalue weighted by molar-refractivity contribution is 6.29. The standard InChI is InChI=1S/C16H16O8/c1-16(23)14(21)10-9(13(20)15(16)22)12(19)8-6(11(10)18)3-5(24-2)4-7(8)17/h3-4,13-15,17,20-23H,1-2H3/t13-,14-,15-,16+/m1/s1. The van der Waals surface area contributed by atoms with Crippen LogP contribution in [0.4, 0.5) is 0 Å². The number of hydrogen-bond acceptors (Lipinski definition) is 8. The Morgan fingerprint density at radius 1 is 1.08 bits per heavy atom. The number of rotatable bonds is 1. The number of aliphatic hydroxyl groups is 4. The van der Waals surface area contributed by atoms with Crippen LogP contribution in [0.25, 0.3) is 0 Å². The fraction of sp³-hybridized carbons (Fsp3) is 0.375. The first-order valence-electron chi connectivity index (χ1n) is 7.14. The number of aromatic hydroxyl groups is 1. The van der Waals surface area contributed by atoms with E-state index in [0.717, 1.165) is 13.0 Å². The van der Waals surface area contributed by atoms with Crippen LogP contribution in [0.3, 0.4) is 0 Å². The molecule has 1 aromatic rings. The number of ketones is 2. The molecule has 24 heavy (non-hydrogen) atoms. The molecule has 0 heterocycles. The van der Waals surface area contributed by atoms with Gasteiger partial charge in [-0.15, -0.1) is 0 Å². The van der Waals surface area contributed by atoms with Crippen LogP contribution in [0.15, 0.2) is 23.3 Å². The molecule has 5 N–H and O–H groups in total. The van der Waals surface area contributed by atoms with Crippen molar-refractivity contribution in [1.82, 2.24) is 0 Å². The Kier molecular flexibility index (Phi) is 3.54. The third kappa shape index (κ3) is 1.94. The Bertz CT molecular complexity index is 792. The van der Waals surface area contributed by atoms with Gasteiger partial charge in [-0.05, 0) is 13.0 Å². The maximum Gasteiger partial charge on any atom is 0.196 e. The lowest BCUT2D eigenvalue weighted by Crippen LogP contribution is -2.61. The number of fused-ring (bicyclic) bond motifs is 1. The molecule has 8 heteroatoms. The summed E-state index contributed by atoms with van der Waals surface area (Å²) in [6.45, 7) is 1.05. The number of carbonyl (C=O) groups is 2. The third-order valence-electron chi connectivity index (χ3n) is 4.60. The van der Waals surface area contributed by atoms with Crippen molar-refractivity contribution in [1.29, 1.82) is 0 Å². The van der Waals surface area contributed by atoms with Crippen molar-refractivity contribution in [3.63, 3.8) is 0 Å². The third-order valence-corrected chi connectivity index (χ3v) is 4.60. The van der Waals surface area contributed by atoms with Crippen molar-refractivity contribution >= 4 is 11.6 Å². The molecule has 0 spiro atoms. The van der Waals surface area contributed by atoms with Crippen LogP contribution >= 0.6 is 0 Å². The number of phenols is 1. The van der Waals surface area contributed by atoms with Crippen molar-refractivity contribution in [2.24, 2.45) is 0 Å². The lowest BCUT2D eigenvalue weighted by atomic mass is 9.68. The highest BCUT2D eigenvalue weighted by atomic mass is 16.5. The van der Waals surface area contributed by atoms with Crippen molar-refractivity contribution in [3.8, 4) is 11.5 Å². The van der Waals surface area contributed by atoms with Crippen LogP contribution in [0.5, 0.6) is 11.5 Å². The summed E-state index contributed by atoms with van der Waals surface area (Å²) in [6, 6.07) is 2.35. The van der Waals surface area contributed by atoms with E-state index in [4.69, 9.17) is 4.74 Å². The van der Waals surface area contributed by atoms with Crippen molar-refractivity contribution in [2.75, 3.05) is 7.11 Å². The van der Waals surface area contributed by atoms with Gasteiger partial charge < -0.3 is 30.3 Å². The van der Waals surface area contributed by atoms with Crippen molar-refractivity contribution in [2.45, 2.75) is 30.8 Å². The highest BCUT2D eigenvalue weighted by Gasteiger charge is 2.55. The summed E-state index contributed by atoms with van der Waals surface area (Å²) in [6.07, 6.45) is -5.65. The fourth-order valence-electron chi connectivity index (χ4n) is 3.16. The molecule has 4 atom stereocenters. The molecule has 0 fully saturated rings. The van der Waals surface area contributed by atoms with E-state index in [1.807, 2.05) is 0 Å². The molecule has 1 aromatic carbocycles. The molecule has 0 radical (unpaired) electrons. The van der Waals surface area contributed by atoms with Gasteiger partial charge in [0, 0.05) is 22.8 Å². The topological polar surface area (TPSA) is 145 Å². The second-order valence-electron chi connectivity index (χ2n) is 6.07. The van der Waals surface area contributed by atoms with Crippen LogP contribution in [0.2, 0.25) is 0 Å². The molecule has 128 valence electrons. The quantitative estimate of drug-likeness (QED) is 0.436. The van der Waals surface area contributed by atoms with Crippen LogP contribution in [-0.4, -0.2) is 68.1 Å². The van der Waals surface area contributed by atoms with Gasteiger partial charge >= 0.3 is 0 Å². The average molecular weight is 336 g/mol. The van der Waals surface area contributed by atoms with E-state index in [1.165, 1.54) is 13.2 Å². The minimum absolute atomic E-state index is 0.120. The number of Topliss-reactive ketones (excluding diaryl/α,β-unsaturated/α-hetero) is 2. The summed E-state index contributed by atoms with van der Waals surface area (Å²) in [5.41, 5.74) is -3.82. The van der Waals surface area contributed by atoms with Gasteiger partial charge in [0.05, 0.1) is 12.7 Å². The summed E-state index contributed by atoms with van der Waals surface area (Å²) < 4.78 is 4.95. The fourth-order valence-corrected chi connectivity index (χ4v) is 3.16. The van der Waals surface area contributed by atoms with E-state index in [2.05, 4.69) is 0 Å². The van der Waals surface area contributed by atoms with Crippen LogP contribution < -0.4 is 4.74 Å². The Morgan fingerprint density at radius 2 is 1.71 bits per heavy atom. The SMILES string of the molecule is COc1cc(O)c2c(c1)C(=O)C1=C(C2=O)[C@@H](O)[C@@H](O)[C@@](C)(O)[C@@H]1O. The molecule has 0 saturated carbocycles. The minimum Gasteiger partial charge on any atom is -0.507 e. The van der Waals surface area contributed by atoms with Crippen molar-refractivity contribution in [3.05, 3.63) is 34.4 Å². The maximum absolute atomic E-state index is 12.7. The average Bonchev–Trinajstić information content (AvgIpc) is 2.53. The zero-order chi connectivity index (χ0) is 18.0. The van der Waals surface area contributed by atoms with E-state index in [9.17, 15) is 35.1 Å². The Labute approximate surface area is 136 Å². The predicted molar refractivity (Wildman–Crippen MR) is 79.0 cm³/mol. The van der Waals surface area contributed by atoms with Crippen LogP contribution in [0, 0.1) is 0 Å². The van der Waals surface area contributed by atoms with E-state index < -0.39 is 52.4 Å². The summed E-state index contributed by atoms with van der Waals surface area (Å²) in [4.78, 5) is 25.4. The molecular weight excluding hydrogens is 320 g/mol. The second kappa shape index (κ2) is 5.12. The summed E-state index contributed by atoms with van der Waals surface area (Å²) in [5.74, 6) is -2.15. The molecule has 0 amide bonds. The largest absolute Gasteiger partial charge is 0.507 e. The van der Waals surface area contributed by atoms with Gasteiger partial charge in [0.1, 0.15) is 35.4 Å². The number of ether oxygens (including phenoxy) is 1. The van der Waals surface area contributed by atoms with Gasteiger partial charge in [-0.25, -0.2) is 0 Å². The molecule has 0 unspecified atom stereocenters. The minimum atomic E-state index is -2.23. The number of carbonyl (C=O) groups excluding carboxylic acids is 2. The first-order chi connectivity index (χ1) is 11.1. The predicted octanol–water partition coefficient (Wildman–Crippen LogP) is -1.08. The van der Waals surface area contributed by atoms with Gasteiger partial charge in [-0.2, -0.15) is 0 Å². The molecule has 0 aliphatic heterocycles. The molecule has 3 rings (SSSR count). The Balaban J connectivity index is 2.29. The second-order valence-corrected chi connectivity index (χ2v) is 6.07. The Hall–Kier alpha value is -2.26. The number of benzene rings is 1. The van der Waals surface area contributed by atoms with E-state index in [0.29, 0.717) is 0 Å². The molecule has 0 aromatic heterocycles. The molecule has 2 aliphatic rings. The molecule has 0 bridgehead atoms. The first kappa shape index (κ1) is 16.6. The first-order valence-corrected chi connectivity index (χ1v) is 7.14. The van der Waals surface area contributed by atoms with Gasteiger partial charge in [0.2, 0.25) is 0 Å². The van der Waals surface area contributed by atoms with Gasteiger partial charge in [-0.3, -0.25) is 9.59 Å². The van der Waals surface area contributed by atoms with Crippen LogP contribution in [0.1, 0.15) is 27.6 Å². The molecule has 0 saturated heterocycles. The number of aliphatic hydroxyl groups excluding tert-OH is 3. The normalized spacial score (nSPS) is 32.5. The number of phenolic OH excluding ortho intramolecular Hbond substituents is 1. The van der Waals surface area contributed by atoms with Gasteiger partial charge in [0.25, 0.3) is 0 Å². The summed E-state index contributed by atoms with van der Waals surface area (Å²) in [7, 11) is 1.31. The number of hydrogen-bond donors (Lipinski definition) is 5.